The summed E-state index contributed by atoms with van der Waals surface area (Å²) in [5.41, 5.74) is 1.08. The minimum Gasteiger partial charge on any atom is -0.497 e. The molecule has 0 saturated carbocycles. The SMILES string of the molecule is COc1ccc(CC(=O)N2C3CCC2CC(SC)C3)cc1. The second kappa shape index (κ2) is 6.30. The smallest absolute Gasteiger partial charge is 0.227 e. The van der Waals surface area contributed by atoms with Gasteiger partial charge in [-0.25, -0.2) is 0 Å². The first-order chi connectivity index (χ1) is 10.2. The lowest BCUT2D eigenvalue weighted by atomic mass is 10.0. The quantitative estimate of drug-likeness (QED) is 0.856. The van der Waals surface area contributed by atoms with Gasteiger partial charge in [0.25, 0.3) is 0 Å². The minimum atomic E-state index is 0.298. The molecule has 3 nitrogen and oxygen atoms in total. The number of piperidine rings is 1. The molecule has 2 saturated heterocycles. The van der Waals surface area contributed by atoms with Crippen molar-refractivity contribution in [3.63, 3.8) is 0 Å². The molecule has 2 unspecified atom stereocenters. The summed E-state index contributed by atoms with van der Waals surface area (Å²) >= 11 is 1.96. The van der Waals surface area contributed by atoms with Crippen LogP contribution in [0.3, 0.4) is 0 Å². The predicted octanol–water partition coefficient (Wildman–Crippen LogP) is 3.12. The number of amides is 1. The van der Waals surface area contributed by atoms with E-state index in [1.54, 1.807) is 7.11 Å². The molecule has 0 spiro atoms. The number of benzene rings is 1. The summed E-state index contributed by atoms with van der Waals surface area (Å²) < 4.78 is 5.16. The Balaban J connectivity index is 1.65. The van der Waals surface area contributed by atoms with Crippen molar-refractivity contribution in [1.29, 1.82) is 0 Å². The maximum Gasteiger partial charge on any atom is 0.227 e. The van der Waals surface area contributed by atoms with Crippen molar-refractivity contribution in [3.05, 3.63) is 29.8 Å². The summed E-state index contributed by atoms with van der Waals surface area (Å²) in [6.45, 7) is 0. The summed E-state index contributed by atoms with van der Waals surface area (Å²) in [6.07, 6.45) is 7.43. The van der Waals surface area contributed by atoms with Crippen LogP contribution in [0.5, 0.6) is 5.75 Å². The van der Waals surface area contributed by atoms with Gasteiger partial charge in [-0.2, -0.15) is 11.8 Å². The van der Waals surface area contributed by atoms with Gasteiger partial charge in [0.15, 0.2) is 0 Å². The molecule has 0 aliphatic carbocycles. The number of thioether (sulfide) groups is 1. The Kier molecular flexibility index (Phi) is 4.43. The van der Waals surface area contributed by atoms with Crippen LogP contribution in [-0.4, -0.2) is 41.5 Å². The number of methoxy groups -OCH3 is 1. The van der Waals surface area contributed by atoms with Gasteiger partial charge in [-0.05, 0) is 49.6 Å². The van der Waals surface area contributed by atoms with Crippen LogP contribution in [0, 0.1) is 0 Å². The first-order valence-electron chi connectivity index (χ1n) is 7.68. The van der Waals surface area contributed by atoms with E-state index in [0.29, 0.717) is 24.4 Å². The number of hydrogen-bond acceptors (Lipinski definition) is 3. The topological polar surface area (TPSA) is 29.5 Å². The van der Waals surface area contributed by atoms with Crippen LogP contribution < -0.4 is 4.74 Å². The van der Waals surface area contributed by atoms with Crippen LogP contribution in [0.1, 0.15) is 31.2 Å². The van der Waals surface area contributed by atoms with Gasteiger partial charge >= 0.3 is 0 Å². The first-order valence-corrected chi connectivity index (χ1v) is 8.97. The summed E-state index contributed by atoms with van der Waals surface area (Å²) in [6, 6.07) is 8.80. The molecule has 2 aliphatic heterocycles. The molecule has 0 radical (unpaired) electrons. The Morgan fingerprint density at radius 2 is 1.86 bits per heavy atom. The van der Waals surface area contributed by atoms with Gasteiger partial charge in [-0.15, -0.1) is 0 Å². The van der Waals surface area contributed by atoms with Crippen LogP contribution in [0.15, 0.2) is 24.3 Å². The van der Waals surface area contributed by atoms with E-state index >= 15 is 0 Å². The van der Waals surface area contributed by atoms with E-state index in [-0.39, 0.29) is 0 Å². The molecule has 21 heavy (non-hydrogen) atoms. The zero-order valence-electron chi connectivity index (χ0n) is 12.7. The average Bonchev–Trinajstić information content (AvgIpc) is 2.78. The summed E-state index contributed by atoms with van der Waals surface area (Å²) in [5, 5.41) is 0.743. The molecular weight excluding hydrogens is 282 g/mol. The number of hydrogen-bond donors (Lipinski definition) is 0. The van der Waals surface area contributed by atoms with Crippen molar-refractivity contribution in [2.24, 2.45) is 0 Å². The molecule has 1 aromatic rings. The molecule has 2 heterocycles. The minimum absolute atomic E-state index is 0.298. The molecule has 3 rings (SSSR count). The van der Waals surface area contributed by atoms with E-state index in [2.05, 4.69) is 11.2 Å². The molecule has 4 heteroatoms. The standard InChI is InChI=1S/C17H23NO2S/c1-20-15-7-3-12(4-8-15)9-17(19)18-13-5-6-14(18)11-16(10-13)21-2/h3-4,7-8,13-14,16H,5-6,9-11H2,1-2H3. The molecular formula is C17H23NO2S. The highest BCUT2D eigenvalue weighted by Crippen LogP contribution is 2.39. The summed E-state index contributed by atoms with van der Waals surface area (Å²) in [5.74, 6) is 1.14. The van der Waals surface area contributed by atoms with Crippen molar-refractivity contribution in [1.82, 2.24) is 4.90 Å². The fourth-order valence-electron chi connectivity index (χ4n) is 3.74. The lowest BCUT2D eigenvalue weighted by molar-refractivity contribution is -0.134. The number of carbonyl (C=O) groups is 1. The fraction of sp³-hybridized carbons (Fsp3) is 0.588. The maximum absolute atomic E-state index is 12.7. The molecule has 2 aliphatic rings. The van der Waals surface area contributed by atoms with Gasteiger partial charge in [-0.3, -0.25) is 4.79 Å². The first kappa shape index (κ1) is 14.8. The van der Waals surface area contributed by atoms with Crippen molar-refractivity contribution >= 4 is 17.7 Å². The predicted molar refractivity (Wildman–Crippen MR) is 86.9 cm³/mol. The van der Waals surface area contributed by atoms with E-state index in [4.69, 9.17) is 4.74 Å². The molecule has 2 fully saturated rings. The van der Waals surface area contributed by atoms with Gasteiger partial charge in [0.05, 0.1) is 13.5 Å². The van der Waals surface area contributed by atoms with Gasteiger partial charge in [0, 0.05) is 17.3 Å². The van der Waals surface area contributed by atoms with E-state index in [0.717, 1.165) is 16.6 Å². The molecule has 1 amide bonds. The molecule has 2 bridgehead atoms. The van der Waals surface area contributed by atoms with E-state index in [9.17, 15) is 4.79 Å². The molecule has 2 atom stereocenters. The second-order valence-corrected chi connectivity index (χ2v) is 7.18. The zero-order valence-corrected chi connectivity index (χ0v) is 13.6. The number of fused-ring (bicyclic) bond motifs is 2. The van der Waals surface area contributed by atoms with Gasteiger partial charge < -0.3 is 9.64 Å². The zero-order chi connectivity index (χ0) is 14.8. The van der Waals surface area contributed by atoms with Gasteiger partial charge in [-0.1, -0.05) is 12.1 Å². The van der Waals surface area contributed by atoms with Gasteiger partial charge in [0.2, 0.25) is 5.91 Å². The summed E-state index contributed by atoms with van der Waals surface area (Å²) in [7, 11) is 1.66. The Hall–Kier alpha value is -1.16. The maximum atomic E-state index is 12.7. The van der Waals surface area contributed by atoms with E-state index in [1.165, 1.54) is 25.7 Å². The number of ether oxygens (including phenoxy) is 1. The summed E-state index contributed by atoms with van der Waals surface area (Å²) in [4.78, 5) is 14.9. The van der Waals surface area contributed by atoms with Crippen LogP contribution in [0.25, 0.3) is 0 Å². The van der Waals surface area contributed by atoms with Crippen LogP contribution in [-0.2, 0) is 11.2 Å². The monoisotopic (exact) mass is 305 g/mol. The molecule has 0 aromatic heterocycles. The van der Waals surface area contributed by atoms with E-state index < -0.39 is 0 Å². The third kappa shape index (κ3) is 3.05. The van der Waals surface area contributed by atoms with Gasteiger partial charge in [0.1, 0.15) is 5.75 Å². The number of nitrogens with zero attached hydrogens (tertiary/aromatic N) is 1. The van der Waals surface area contributed by atoms with Crippen molar-refractivity contribution in [2.75, 3.05) is 13.4 Å². The highest BCUT2D eigenvalue weighted by atomic mass is 32.2. The highest BCUT2D eigenvalue weighted by Gasteiger charge is 2.42. The van der Waals surface area contributed by atoms with Crippen molar-refractivity contribution < 1.29 is 9.53 Å². The van der Waals surface area contributed by atoms with Crippen molar-refractivity contribution in [2.45, 2.75) is 49.4 Å². The average molecular weight is 305 g/mol. The Labute approximate surface area is 131 Å². The van der Waals surface area contributed by atoms with Crippen LogP contribution in [0.2, 0.25) is 0 Å². The molecule has 0 N–H and O–H groups in total. The molecule has 1 aromatic carbocycles. The highest BCUT2D eigenvalue weighted by molar-refractivity contribution is 7.99. The lowest BCUT2D eigenvalue weighted by Crippen LogP contribution is -2.47. The Morgan fingerprint density at radius 3 is 2.38 bits per heavy atom. The largest absolute Gasteiger partial charge is 0.497 e. The third-order valence-electron chi connectivity index (χ3n) is 4.83. The van der Waals surface area contributed by atoms with E-state index in [1.807, 2.05) is 36.0 Å². The molecule has 114 valence electrons. The second-order valence-electron chi connectivity index (χ2n) is 6.04. The number of rotatable bonds is 4. The normalized spacial score (nSPS) is 27.7. The fourth-order valence-corrected chi connectivity index (χ4v) is 4.57. The van der Waals surface area contributed by atoms with Crippen molar-refractivity contribution in [3.8, 4) is 5.75 Å². The third-order valence-corrected chi connectivity index (χ3v) is 5.88. The van der Waals surface area contributed by atoms with Crippen LogP contribution >= 0.6 is 11.8 Å². The Morgan fingerprint density at radius 1 is 1.24 bits per heavy atom. The lowest BCUT2D eigenvalue weighted by Gasteiger charge is -2.38. The Bertz CT molecular complexity index is 488. The van der Waals surface area contributed by atoms with Crippen LogP contribution in [0.4, 0.5) is 0 Å². The number of carbonyl (C=O) groups excluding carboxylic acids is 1.